The summed E-state index contributed by atoms with van der Waals surface area (Å²) in [4.78, 5) is 13.8. The molecule has 19 heavy (non-hydrogen) atoms. The molecular weight excluding hydrogens is 242 g/mol. The number of nitrogens with one attached hydrogen (secondary N) is 1. The van der Waals surface area contributed by atoms with Crippen molar-refractivity contribution in [3.8, 4) is 0 Å². The highest BCUT2D eigenvalue weighted by molar-refractivity contribution is 5.84. The van der Waals surface area contributed by atoms with Crippen LogP contribution in [0.1, 0.15) is 39.5 Å². The van der Waals surface area contributed by atoms with Crippen molar-refractivity contribution in [2.75, 3.05) is 33.3 Å². The van der Waals surface area contributed by atoms with Crippen LogP contribution in [0.15, 0.2) is 0 Å². The van der Waals surface area contributed by atoms with E-state index in [-0.39, 0.29) is 5.91 Å². The van der Waals surface area contributed by atoms with Crippen LogP contribution < -0.4 is 11.1 Å². The smallest absolute Gasteiger partial charge is 0.237 e. The summed E-state index contributed by atoms with van der Waals surface area (Å²) in [7, 11) is 2.07. The lowest BCUT2D eigenvalue weighted by molar-refractivity contribution is -0.124. The fraction of sp³-hybridized carbons (Fsp3) is 0.929. The number of amides is 1. The largest absolute Gasteiger partial charge is 0.377 e. The van der Waals surface area contributed by atoms with Crippen LogP contribution in [0.3, 0.4) is 0 Å². The summed E-state index contributed by atoms with van der Waals surface area (Å²) in [6.45, 7) is 7.45. The van der Waals surface area contributed by atoms with E-state index in [2.05, 4.69) is 24.2 Å². The molecule has 1 fully saturated rings. The third-order valence-corrected chi connectivity index (χ3v) is 3.84. The van der Waals surface area contributed by atoms with Gasteiger partial charge in [-0.25, -0.2) is 0 Å². The van der Waals surface area contributed by atoms with E-state index in [0.717, 1.165) is 51.9 Å². The molecule has 0 spiro atoms. The minimum absolute atomic E-state index is 0.272. The van der Waals surface area contributed by atoms with E-state index in [1.807, 2.05) is 6.92 Å². The molecule has 1 amide bonds. The Kier molecular flexibility index (Phi) is 6.75. The lowest BCUT2D eigenvalue weighted by atomic mass is 9.96. The normalized spacial score (nSPS) is 22.6. The molecule has 0 radical (unpaired) electrons. The first kappa shape index (κ1) is 16.4. The Morgan fingerprint density at radius 2 is 2.32 bits per heavy atom. The molecule has 5 nitrogen and oxygen atoms in total. The Labute approximate surface area is 116 Å². The van der Waals surface area contributed by atoms with Crippen molar-refractivity contribution in [2.24, 2.45) is 5.73 Å². The SMILES string of the molecule is CCCNC(C)(CCN(C)CC1CCCO1)C(N)=O. The number of hydrogen-bond acceptors (Lipinski definition) is 4. The van der Waals surface area contributed by atoms with Crippen LogP contribution in [0.2, 0.25) is 0 Å². The number of ether oxygens (including phenoxy) is 1. The van der Waals surface area contributed by atoms with E-state index in [0.29, 0.717) is 6.10 Å². The zero-order valence-electron chi connectivity index (χ0n) is 12.6. The number of carbonyl (C=O) groups excluding carboxylic acids is 1. The van der Waals surface area contributed by atoms with Gasteiger partial charge in [0.05, 0.1) is 11.6 Å². The number of nitrogens with zero attached hydrogens (tertiary/aromatic N) is 1. The molecule has 0 saturated carbocycles. The zero-order chi connectivity index (χ0) is 14.3. The Bertz CT molecular complexity index is 280. The standard InChI is InChI=1S/C14H29N3O2/c1-4-8-16-14(2,13(15)18)7-9-17(3)11-12-6-5-10-19-12/h12,16H,4-11H2,1-3H3,(H2,15,18). The van der Waals surface area contributed by atoms with E-state index in [1.165, 1.54) is 0 Å². The van der Waals surface area contributed by atoms with Crippen molar-refractivity contribution in [3.63, 3.8) is 0 Å². The minimum atomic E-state index is -0.610. The molecule has 1 heterocycles. The summed E-state index contributed by atoms with van der Waals surface area (Å²) in [5.41, 5.74) is 4.91. The van der Waals surface area contributed by atoms with Gasteiger partial charge in [-0.05, 0) is 46.2 Å². The molecule has 0 aromatic heterocycles. The Hall–Kier alpha value is -0.650. The van der Waals surface area contributed by atoms with Gasteiger partial charge in [0.1, 0.15) is 0 Å². The van der Waals surface area contributed by atoms with Gasteiger partial charge in [0.25, 0.3) is 0 Å². The molecule has 1 saturated heterocycles. The lowest BCUT2D eigenvalue weighted by Crippen LogP contribution is -2.54. The van der Waals surface area contributed by atoms with Crippen molar-refractivity contribution in [3.05, 3.63) is 0 Å². The molecule has 0 aliphatic carbocycles. The second-order valence-corrected chi connectivity index (χ2v) is 5.77. The topological polar surface area (TPSA) is 67.6 Å². The molecule has 1 aliphatic rings. The lowest BCUT2D eigenvalue weighted by Gasteiger charge is -2.30. The van der Waals surface area contributed by atoms with Gasteiger partial charge in [-0.1, -0.05) is 6.92 Å². The molecule has 5 heteroatoms. The average Bonchev–Trinajstić information content (AvgIpc) is 2.86. The number of carbonyl (C=O) groups is 1. The van der Waals surface area contributed by atoms with Crippen molar-refractivity contribution >= 4 is 5.91 Å². The molecule has 1 rings (SSSR count). The van der Waals surface area contributed by atoms with Crippen molar-refractivity contribution in [1.82, 2.24) is 10.2 Å². The first-order valence-electron chi connectivity index (χ1n) is 7.33. The summed E-state index contributed by atoms with van der Waals surface area (Å²) >= 11 is 0. The molecule has 2 unspecified atom stereocenters. The number of primary amides is 1. The number of likely N-dealkylation sites (N-methyl/N-ethyl adjacent to an activating group) is 1. The predicted octanol–water partition coefficient (Wildman–Crippen LogP) is 0.731. The highest BCUT2D eigenvalue weighted by Gasteiger charge is 2.30. The van der Waals surface area contributed by atoms with Crippen LogP contribution in [0.25, 0.3) is 0 Å². The summed E-state index contributed by atoms with van der Waals surface area (Å²) in [5.74, 6) is -0.272. The zero-order valence-corrected chi connectivity index (χ0v) is 12.6. The van der Waals surface area contributed by atoms with Crippen LogP contribution >= 0.6 is 0 Å². The highest BCUT2D eigenvalue weighted by atomic mass is 16.5. The number of rotatable bonds is 9. The maximum atomic E-state index is 11.6. The van der Waals surface area contributed by atoms with Gasteiger partial charge in [0.15, 0.2) is 0 Å². The molecule has 0 bridgehead atoms. The van der Waals surface area contributed by atoms with Gasteiger partial charge in [-0.3, -0.25) is 4.79 Å². The predicted molar refractivity (Wildman–Crippen MR) is 77.0 cm³/mol. The molecule has 2 atom stereocenters. The van der Waals surface area contributed by atoms with E-state index in [1.54, 1.807) is 0 Å². The third-order valence-electron chi connectivity index (χ3n) is 3.84. The number of hydrogen-bond donors (Lipinski definition) is 2. The Morgan fingerprint density at radius 3 is 2.84 bits per heavy atom. The Balaban J connectivity index is 2.35. The number of nitrogens with two attached hydrogens (primary N) is 1. The molecule has 0 aromatic carbocycles. The maximum Gasteiger partial charge on any atom is 0.237 e. The van der Waals surface area contributed by atoms with Crippen LogP contribution in [-0.4, -0.2) is 55.7 Å². The third kappa shape index (κ3) is 5.47. The van der Waals surface area contributed by atoms with Crippen LogP contribution in [0, 0.1) is 0 Å². The fourth-order valence-electron chi connectivity index (χ4n) is 2.34. The van der Waals surface area contributed by atoms with Crippen LogP contribution in [-0.2, 0) is 9.53 Å². The average molecular weight is 271 g/mol. The molecule has 3 N–H and O–H groups in total. The Morgan fingerprint density at radius 1 is 1.58 bits per heavy atom. The first-order chi connectivity index (χ1) is 8.98. The van der Waals surface area contributed by atoms with Crippen molar-refractivity contribution < 1.29 is 9.53 Å². The quantitative estimate of drug-likeness (QED) is 0.649. The maximum absolute atomic E-state index is 11.6. The molecule has 1 aliphatic heterocycles. The van der Waals surface area contributed by atoms with Gasteiger partial charge in [-0.15, -0.1) is 0 Å². The summed E-state index contributed by atoms with van der Waals surface area (Å²) < 4.78 is 5.62. The van der Waals surface area contributed by atoms with Gasteiger partial charge in [-0.2, -0.15) is 0 Å². The van der Waals surface area contributed by atoms with Crippen molar-refractivity contribution in [1.29, 1.82) is 0 Å². The van der Waals surface area contributed by atoms with E-state index >= 15 is 0 Å². The van der Waals surface area contributed by atoms with Crippen LogP contribution in [0.4, 0.5) is 0 Å². The second kappa shape index (κ2) is 7.82. The van der Waals surface area contributed by atoms with Crippen LogP contribution in [0.5, 0.6) is 0 Å². The van der Waals surface area contributed by atoms with E-state index < -0.39 is 5.54 Å². The minimum Gasteiger partial charge on any atom is -0.377 e. The summed E-state index contributed by atoms with van der Waals surface area (Å²) in [6, 6.07) is 0. The highest BCUT2D eigenvalue weighted by Crippen LogP contribution is 2.14. The fourth-order valence-corrected chi connectivity index (χ4v) is 2.34. The van der Waals surface area contributed by atoms with Gasteiger partial charge >= 0.3 is 0 Å². The van der Waals surface area contributed by atoms with E-state index in [4.69, 9.17) is 10.5 Å². The van der Waals surface area contributed by atoms with Gasteiger partial charge in [0.2, 0.25) is 5.91 Å². The van der Waals surface area contributed by atoms with E-state index in [9.17, 15) is 4.79 Å². The van der Waals surface area contributed by atoms with Crippen molar-refractivity contribution in [2.45, 2.75) is 51.2 Å². The summed E-state index contributed by atoms with van der Waals surface area (Å²) in [5, 5.41) is 3.26. The van der Waals surface area contributed by atoms with Gasteiger partial charge < -0.3 is 20.7 Å². The molecular formula is C14H29N3O2. The second-order valence-electron chi connectivity index (χ2n) is 5.77. The van der Waals surface area contributed by atoms with Gasteiger partial charge in [0, 0.05) is 19.7 Å². The molecule has 0 aromatic rings. The summed E-state index contributed by atoms with van der Waals surface area (Å²) in [6.07, 6.45) is 4.38. The first-order valence-corrected chi connectivity index (χ1v) is 7.33. The molecule has 112 valence electrons. The monoisotopic (exact) mass is 271 g/mol.